The third kappa shape index (κ3) is 3.92. The van der Waals surface area contributed by atoms with Gasteiger partial charge in [0.25, 0.3) is 5.91 Å². The zero-order chi connectivity index (χ0) is 17.8. The van der Waals surface area contributed by atoms with Gasteiger partial charge in [0.15, 0.2) is 0 Å². The van der Waals surface area contributed by atoms with Crippen LogP contribution in [-0.4, -0.2) is 21.8 Å². The SMILES string of the molecule is CC(=O)Nc1cccc(C(=O)Nc2cccc(-c3nc[nH]c3C)c2)c1. The van der Waals surface area contributed by atoms with Gasteiger partial charge in [-0.2, -0.15) is 0 Å². The first-order valence-electron chi connectivity index (χ1n) is 7.82. The van der Waals surface area contributed by atoms with Gasteiger partial charge in [0.1, 0.15) is 0 Å². The van der Waals surface area contributed by atoms with E-state index in [2.05, 4.69) is 20.6 Å². The van der Waals surface area contributed by atoms with E-state index >= 15 is 0 Å². The maximum atomic E-state index is 12.5. The summed E-state index contributed by atoms with van der Waals surface area (Å²) in [5.74, 6) is -0.428. The van der Waals surface area contributed by atoms with Gasteiger partial charge in [-0.1, -0.05) is 18.2 Å². The Hall–Kier alpha value is -3.41. The number of H-pyrrole nitrogens is 1. The standard InChI is InChI=1S/C19H18N4O2/c1-12-18(21-11-20-12)14-5-3-8-17(9-14)23-19(25)15-6-4-7-16(10-15)22-13(2)24/h3-11H,1-2H3,(H,20,21)(H,22,24)(H,23,25). The van der Waals surface area contributed by atoms with Crippen LogP contribution in [0.4, 0.5) is 11.4 Å². The van der Waals surface area contributed by atoms with Crippen LogP contribution in [0.15, 0.2) is 54.9 Å². The topological polar surface area (TPSA) is 86.9 Å². The van der Waals surface area contributed by atoms with Crippen molar-refractivity contribution in [2.24, 2.45) is 0 Å². The molecule has 3 rings (SSSR count). The fraction of sp³-hybridized carbons (Fsp3) is 0.105. The van der Waals surface area contributed by atoms with E-state index < -0.39 is 0 Å². The molecule has 6 heteroatoms. The van der Waals surface area contributed by atoms with Crippen molar-refractivity contribution in [2.75, 3.05) is 10.6 Å². The number of aromatic nitrogens is 2. The summed E-state index contributed by atoms with van der Waals surface area (Å²) >= 11 is 0. The molecule has 0 fully saturated rings. The third-order valence-corrected chi connectivity index (χ3v) is 3.67. The number of carbonyl (C=O) groups is 2. The van der Waals surface area contributed by atoms with Crippen LogP contribution in [0.5, 0.6) is 0 Å². The number of aromatic amines is 1. The molecule has 2 amide bonds. The highest BCUT2D eigenvalue weighted by Crippen LogP contribution is 2.23. The van der Waals surface area contributed by atoms with Crippen molar-refractivity contribution in [3.63, 3.8) is 0 Å². The molecule has 0 aliphatic heterocycles. The molecule has 1 heterocycles. The fourth-order valence-electron chi connectivity index (χ4n) is 2.54. The number of amides is 2. The minimum Gasteiger partial charge on any atom is -0.348 e. The Morgan fingerprint density at radius 2 is 1.72 bits per heavy atom. The molecule has 0 unspecified atom stereocenters. The van der Waals surface area contributed by atoms with Gasteiger partial charge in [-0.3, -0.25) is 9.59 Å². The van der Waals surface area contributed by atoms with Crippen LogP contribution in [0.2, 0.25) is 0 Å². The number of imidazole rings is 1. The maximum Gasteiger partial charge on any atom is 0.255 e. The monoisotopic (exact) mass is 334 g/mol. The first-order valence-corrected chi connectivity index (χ1v) is 7.82. The number of hydrogen-bond acceptors (Lipinski definition) is 3. The predicted octanol–water partition coefficient (Wildman–Crippen LogP) is 3.60. The van der Waals surface area contributed by atoms with Gasteiger partial charge >= 0.3 is 0 Å². The van der Waals surface area contributed by atoms with Crippen LogP contribution >= 0.6 is 0 Å². The van der Waals surface area contributed by atoms with E-state index in [4.69, 9.17) is 0 Å². The molecule has 0 aliphatic carbocycles. The van der Waals surface area contributed by atoms with E-state index in [9.17, 15) is 9.59 Å². The molecule has 3 aromatic rings. The van der Waals surface area contributed by atoms with Crippen LogP contribution in [0.3, 0.4) is 0 Å². The predicted molar refractivity (Wildman–Crippen MR) is 97.5 cm³/mol. The molecule has 0 atom stereocenters. The summed E-state index contributed by atoms with van der Waals surface area (Å²) in [6.45, 7) is 3.37. The lowest BCUT2D eigenvalue weighted by Gasteiger charge is -2.09. The van der Waals surface area contributed by atoms with E-state index in [0.717, 1.165) is 17.0 Å². The Kier molecular flexibility index (Phi) is 4.61. The van der Waals surface area contributed by atoms with E-state index in [1.54, 1.807) is 30.6 Å². The normalized spacial score (nSPS) is 10.3. The lowest BCUT2D eigenvalue weighted by atomic mass is 10.1. The van der Waals surface area contributed by atoms with Gasteiger partial charge in [0, 0.05) is 35.1 Å². The Morgan fingerprint density at radius 3 is 2.40 bits per heavy atom. The van der Waals surface area contributed by atoms with E-state index in [1.807, 2.05) is 31.2 Å². The third-order valence-electron chi connectivity index (χ3n) is 3.67. The first kappa shape index (κ1) is 16.4. The molecule has 0 saturated carbocycles. The maximum absolute atomic E-state index is 12.5. The lowest BCUT2D eigenvalue weighted by molar-refractivity contribution is -0.114. The summed E-state index contributed by atoms with van der Waals surface area (Å²) in [6.07, 6.45) is 1.64. The average molecular weight is 334 g/mol. The molecule has 0 saturated heterocycles. The quantitative estimate of drug-likeness (QED) is 0.681. The smallest absolute Gasteiger partial charge is 0.255 e. The van der Waals surface area contributed by atoms with Crippen molar-refractivity contribution in [2.45, 2.75) is 13.8 Å². The summed E-state index contributed by atoms with van der Waals surface area (Å²) in [4.78, 5) is 31.0. The van der Waals surface area contributed by atoms with Gasteiger partial charge in [-0.15, -0.1) is 0 Å². The van der Waals surface area contributed by atoms with Crippen molar-refractivity contribution >= 4 is 23.2 Å². The lowest BCUT2D eigenvalue weighted by Crippen LogP contribution is -2.13. The second-order valence-corrected chi connectivity index (χ2v) is 5.67. The second kappa shape index (κ2) is 7.00. The van der Waals surface area contributed by atoms with Gasteiger partial charge in [0.2, 0.25) is 5.91 Å². The number of nitrogens with one attached hydrogen (secondary N) is 3. The average Bonchev–Trinajstić information content (AvgIpc) is 3.01. The highest BCUT2D eigenvalue weighted by molar-refractivity contribution is 6.05. The van der Waals surface area contributed by atoms with Crippen molar-refractivity contribution in [1.29, 1.82) is 0 Å². The molecule has 3 N–H and O–H groups in total. The largest absolute Gasteiger partial charge is 0.348 e. The molecule has 126 valence electrons. The zero-order valence-electron chi connectivity index (χ0n) is 14.0. The molecule has 1 aromatic heterocycles. The van der Waals surface area contributed by atoms with Crippen LogP contribution in [0, 0.1) is 6.92 Å². The van der Waals surface area contributed by atoms with Crippen molar-refractivity contribution < 1.29 is 9.59 Å². The first-order chi connectivity index (χ1) is 12.0. The van der Waals surface area contributed by atoms with Crippen LogP contribution in [-0.2, 0) is 4.79 Å². The highest BCUT2D eigenvalue weighted by Gasteiger charge is 2.09. The summed E-state index contributed by atoms with van der Waals surface area (Å²) in [6, 6.07) is 14.3. The minimum atomic E-state index is -0.247. The number of carbonyl (C=O) groups excluding carboxylic acids is 2. The Bertz CT molecular complexity index is 930. The summed E-state index contributed by atoms with van der Waals surface area (Å²) in [5, 5.41) is 5.54. The summed E-state index contributed by atoms with van der Waals surface area (Å²) < 4.78 is 0. The Labute approximate surface area is 145 Å². The van der Waals surface area contributed by atoms with Gasteiger partial charge in [0.05, 0.1) is 12.0 Å². The molecule has 6 nitrogen and oxygen atoms in total. The molecule has 0 aliphatic rings. The highest BCUT2D eigenvalue weighted by atomic mass is 16.2. The zero-order valence-corrected chi connectivity index (χ0v) is 14.0. The number of nitrogens with zero attached hydrogens (tertiary/aromatic N) is 1. The number of hydrogen-bond donors (Lipinski definition) is 3. The minimum absolute atomic E-state index is 0.181. The van der Waals surface area contributed by atoms with Crippen molar-refractivity contribution in [3.05, 3.63) is 66.1 Å². The Morgan fingerprint density at radius 1 is 1.00 bits per heavy atom. The van der Waals surface area contributed by atoms with Crippen LogP contribution in [0.25, 0.3) is 11.3 Å². The molecular formula is C19H18N4O2. The molecule has 0 spiro atoms. The number of benzene rings is 2. The second-order valence-electron chi connectivity index (χ2n) is 5.67. The molecule has 0 radical (unpaired) electrons. The van der Waals surface area contributed by atoms with Crippen LogP contribution < -0.4 is 10.6 Å². The van der Waals surface area contributed by atoms with E-state index in [0.29, 0.717) is 16.9 Å². The number of rotatable bonds is 4. The molecule has 0 bridgehead atoms. The fourth-order valence-corrected chi connectivity index (χ4v) is 2.54. The number of aryl methyl sites for hydroxylation is 1. The van der Waals surface area contributed by atoms with Crippen LogP contribution in [0.1, 0.15) is 23.0 Å². The van der Waals surface area contributed by atoms with Gasteiger partial charge in [-0.25, -0.2) is 4.98 Å². The van der Waals surface area contributed by atoms with Gasteiger partial charge < -0.3 is 15.6 Å². The van der Waals surface area contributed by atoms with E-state index in [1.165, 1.54) is 6.92 Å². The van der Waals surface area contributed by atoms with E-state index in [-0.39, 0.29) is 11.8 Å². The Balaban J connectivity index is 1.80. The van der Waals surface area contributed by atoms with Crippen molar-refractivity contribution in [3.8, 4) is 11.3 Å². The summed E-state index contributed by atoms with van der Waals surface area (Å²) in [7, 11) is 0. The summed E-state index contributed by atoms with van der Waals surface area (Å²) in [5.41, 5.74) is 4.46. The molecular weight excluding hydrogens is 316 g/mol. The number of anilines is 2. The molecule has 2 aromatic carbocycles. The molecule has 25 heavy (non-hydrogen) atoms. The van der Waals surface area contributed by atoms with Crippen molar-refractivity contribution in [1.82, 2.24) is 9.97 Å². The van der Waals surface area contributed by atoms with Gasteiger partial charge in [-0.05, 0) is 37.3 Å².